The normalized spacial score (nSPS) is 15.7. The van der Waals surface area contributed by atoms with E-state index in [9.17, 15) is 17.2 Å². The van der Waals surface area contributed by atoms with Crippen LogP contribution in [0.1, 0.15) is 28.4 Å². The molecule has 1 aliphatic carbocycles. The average Bonchev–Trinajstić information content (AvgIpc) is 2.67. The highest BCUT2D eigenvalue weighted by atomic mass is 32.2. The minimum Gasteiger partial charge on any atom is -0.283 e. The Morgan fingerprint density at radius 1 is 1.14 bits per heavy atom. The lowest BCUT2D eigenvalue weighted by molar-refractivity contribution is 0.174. The Balaban J connectivity index is 1.65. The fourth-order valence-corrected chi connectivity index (χ4v) is 4.60. The zero-order valence-electron chi connectivity index (χ0n) is 15.6. The summed E-state index contributed by atoms with van der Waals surface area (Å²) < 4.78 is 50.4. The van der Waals surface area contributed by atoms with Gasteiger partial charge in [-0.15, -0.1) is 0 Å². The molecule has 3 aromatic rings. The number of rotatable bonds is 5. The molecule has 1 heterocycles. The van der Waals surface area contributed by atoms with E-state index in [2.05, 4.69) is 20.8 Å². The second-order valence-corrected chi connectivity index (χ2v) is 8.80. The zero-order chi connectivity index (χ0) is 20.6. The molecule has 2 aromatic carbocycles. The summed E-state index contributed by atoms with van der Waals surface area (Å²) >= 11 is 0. The molecule has 1 aliphatic rings. The third kappa shape index (κ3) is 4.12. The molecule has 1 aromatic heterocycles. The fourth-order valence-electron chi connectivity index (χ4n) is 3.69. The van der Waals surface area contributed by atoms with Crippen molar-refractivity contribution in [2.45, 2.75) is 25.7 Å². The SMILES string of the molecule is Cc1ncc2c(n1)-c1ccccc1C(c1ccc(NS(=O)(=O)CC(F)F)cc1)C2. The minimum absolute atomic E-state index is 0.0664. The predicted molar refractivity (Wildman–Crippen MR) is 108 cm³/mol. The van der Waals surface area contributed by atoms with Gasteiger partial charge in [-0.05, 0) is 42.2 Å². The molecule has 8 heteroatoms. The van der Waals surface area contributed by atoms with Crippen LogP contribution in [0, 0.1) is 6.92 Å². The summed E-state index contributed by atoms with van der Waals surface area (Å²) in [6.45, 7) is 1.86. The number of alkyl halides is 2. The van der Waals surface area contributed by atoms with E-state index >= 15 is 0 Å². The van der Waals surface area contributed by atoms with Crippen LogP contribution in [0.3, 0.4) is 0 Å². The van der Waals surface area contributed by atoms with Gasteiger partial charge in [-0.1, -0.05) is 36.4 Å². The van der Waals surface area contributed by atoms with Gasteiger partial charge in [-0.3, -0.25) is 4.72 Å². The number of benzene rings is 2. The molecule has 0 aliphatic heterocycles. The Kier molecular flexibility index (Phi) is 5.04. The molecule has 5 nitrogen and oxygen atoms in total. The quantitative estimate of drug-likeness (QED) is 0.680. The van der Waals surface area contributed by atoms with Crippen molar-refractivity contribution in [3.05, 3.63) is 77.2 Å². The van der Waals surface area contributed by atoms with Crippen molar-refractivity contribution >= 4 is 15.7 Å². The first-order valence-electron chi connectivity index (χ1n) is 9.13. The van der Waals surface area contributed by atoms with Gasteiger partial charge in [-0.25, -0.2) is 27.2 Å². The minimum atomic E-state index is -4.08. The van der Waals surface area contributed by atoms with E-state index in [4.69, 9.17) is 0 Å². The first-order valence-corrected chi connectivity index (χ1v) is 10.8. The Bertz CT molecular complexity index is 1150. The largest absolute Gasteiger partial charge is 0.283 e. The summed E-state index contributed by atoms with van der Waals surface area (Å²) in [5, 5.41) is 0. The van der Waals surface area contributed by atoms with Gasteiger partial charge in [0.15, 0.2) is 0 Å². The van der Waals surface area contributed by atoms with E-state index < -0.39 is 22.2 Å². The van der Waals surface area contributed by atoms with Crippen molar-refractivity contribution in [3.63, 3.8) is 0 Å². The first kappa shape index (κ1) is 19.4. The van der Waals surface area contributed by atoms with Crippen LogP contribution in [-0.4, -0.2) is 30.6 Å². The van der Waals surface area contributed by atoms with Crippen LogP contribution >= 0.6 is 0 Å². The Labute approximate surface area is 167 Å². The molecular formula is C21H19F2N3O2S. The smallest absolute Gasteiger partial charge is 0.254 e. The summed E-state index contributed by atoms with van der Waals surface area (Å²) in [7, 11) is -4.08. The van der Waals surface area contributed by atoms with E-state index in [1.807, 2.05) is 43.5 Å². The lowest BCUT2D eigenvalue weighted by Crippen LogP contribution is -2.21. The van der Waals surface area contributed by atoms with Crippen LogP contribution in [0.25, 0.3) is 11.3 Å². The Hall–Kier alpha value is -2.87. The molecule has 0 saturated heterocycles. The molecule has 1 unspecified atom stereocenters. The van der Waals surface area contributed by atoms with E-state index in [1.165, 1.54) is 0 Å². The van der Waals surface area contributed by atoms with Crippen LogP contribution in [0.2, 0.25) is 0 Å². The van der Waals surface area contributed by atoms with Crippen molar-refractivity contribution in [3.8, 4) is 11.3 Å². The number of fused-ring (bicyclic) bond motifs is 3. The van der Waals surface area contributed by atoms with E-state index in [1.54, 1.807) is 12.1 Å². The zero-order valence-corrected chi connectivity index (χ0v) is 16.5. The molecule has 1 atom stereocenters. The monoisotopic (exact) mass is 415 g/mol. The number of nitrogens with one attached hydrogen (secondary N) is 1. The van der Waals surface area contributed by atoms with Gasteiger partial charge in [0.1, 0.15) is 11.6 Å². The standard InChI is InChI=1S/C21H19F2N3O2S/c1-13-24-11-15-10-19(17-4-2-3-5-18(17)21(15)25-13)14-6-8-16(9-7-14)26-29(27,28)12-20(22)23/h2-9,11,19-20,26H,10,12H2,1H3. The molecule has 4 rings (SSSR count). The molecule has 0 amide bonds. The number of aryl methyl sites for hydroxylation is 1. The molecule has 1 N–H and O–H groups in total. The van der Waals surface area contributed by atoms with Gasteiger partial charge in [0.05, 0.1) is 5.69 Å². The number of nitrogens with zero attached hydrogens (tertiary/aromatic N) is 2. The highest BCUT2D eigenvalue weighted by Crippen LogP contribution is 2.41. The molecule has 0 bridgehead atoms. The van der Waals surface area contributed by atoms with Crippen molar-refractivity contribution in [1.82, 2.24) is 9.97 Å². The van der Waals surface area contributed by atoms with Gasteiger partial charge in [-0.2, -0.15) is 0 Å². The van der Waals surface area contributed by atoms with Crippen molar-refractivity contribution < 1.29 is 17.2 Å². The number of sulfonamides is 1. The third-order valence-electron chi connectivity index (χ3n) is 4.93. The predicted octanol–water partition coefficient (Wildman–Crippen LogP) is 4.15. The Morgan fingerprint density at radius 3 is 2.59 bits per heavy atom. The summed E-state index contributed by atoms with van der Waals surface area (Å²) in [6, 6.07) is 14.9. The number of anilines is 1. The highest BCUT2D eigenvalue weighted by molar-refractivity contribution is 7.92. The maximum Gasteiger partial charge on any atom is 0.254 e. The van der Waals surface area contributed by atoms with Crippen LogP contribution in [0.5, 0.6) is 0 Å². The third-order valence-corrected chi connectivity index (χ3v) is 6.17. The maximum absolute atomic E-state index is 12.4. The Morgan fingerprint density at radius 2 is 1.86 bits per heavy atom. The molecule has 0 spiro atoms. The van der Waals surface area contributed by atoms with Crippen LogP contribution in [0.4, 0.5) is 14.5 Å². The van der Waals surface area contributed by atoms with E-state index in [0.29, 0.717) is 0 Å². The molecule has 0 saturated carbocycles. The molecular weight excluding hydrogens is 396 g/mol. The molecule has 0 radical (unpaired) electrons. The summed E-state index contributed by atoms with van der Waals surface area (Å²) in [5.41, 5.74) is 5.47. The highest BCUT2D eigenvalue weighted by Gasteiger charge is 2.27. The number of aromatic nitrogens is 2. The summed E-state index contributed by atoms with van der Waals surface area (Å²) in [4.78, 5) is 8.93. The van der Waals surface area contributed by atoms with Crippen LogP contribution in [-0.2, 0) is 16.4 Å². The van der Waals surface area contributed by atoms with Crippen molar-refractivity contribution in [1.29, 1.82) is 0 Å². The van der Waals surface area contributed by atoms with Gasteiger partial charge in [0.25, 0.3) is 6.43 Å². The van der Waals surface area contributed by atoms with Gasteiger partial charge in [0.2, 0.25) is 10.0 Å². The van der Waals surface area contributed by atoms with Gasteiger partial charge < -0.3 is 0 Å². The van der Waals surface area contributed by atoms with Crippen molar-refractivity contribution in [2.75, 3.05) is 10.5 Å². The van der Waals surface area contributed by atoms with E-state index in [-0.39, 0.29) is 11.6 Å². The van der Waals surface area contributed by atoms with Gasteiger partial charge >= 0.3 is 0 Å². The van der Waals surface area contributed by atoms with Crippen molar-refractivity contribution in [2.24, 2.45) is 0 Å². The molecule has 0 fully saturated rings. The fraction of sp³-hybridized carbons (Fsp3) is 0.238. The molecule has 150 valence electrons. The summed E-state index contributed by atoms with van der Waals surface area (Å²) in [6.07, 6.45) is -0.340. The maximum atomic E-state index is 12.4. The number of hydrogen-bond acceptors (Lipinski definition) is 4. The first-order chi connectivity index (χ1) is 13.8. The average molecular weight is 415 g/mol. The topological polar surface area (TPSA) is 72.0 Å². The lowest BCUT2D eigenvalue weighted by atomic mass is 9.78. The second kappa shape index (κ2) is 7.51. The van der Waals surface area contributed by atoms with Gasteiger partial charge in [0, 0.05) is 23.4 Å². The lowest BCUT2D eigenvalue weighted by Gasteiger charge is -2.27. The number of hydrogen-bond donors (Lipinski definition) is 1. The number of halogens is 2. The van der Waals surface area contributed by atoms with E-state index in [0.717, 1.165) is 40.2 Å². The van der Waals surface area contributed by atoms with Crippen LogP contribution in [0.15, 0.2) is 54.7 Å². The molecule has 29 heavy (non-hydrogen) atoms. The summed E-state index contributed by atoms with van der Waals surface area (Å²) in [5.74, 6) is -0.435. The van der Waals surface area contributed by atoms with Crippen LogP contribution < -0.4 is 4.72 Å². The second-order valence-electron chi connectivity index (χ2n) is 7.03.